The monoisotopic (exact) mass is 319 g/mol. The number of hydrogen-bond donors (Lipinski definition) is 0. The van der Waals surface area contributed by atoms with Crippen molar-refractivity contribution in [3.8, 4) is 11.1 Å². The van der Waals surface area contributed by atoms with Crippen LogP contribution >= 0.6 is 0 Å². The summed E-state index contributed by atoms with van der Waals surface area (Å²) in [4.78, 5) is 3.40. The molecule has 1 N–H and O–H groups in total. The van der Waals surface area contributed by atoms with Crippen LogP contribution in [0, 0.1) is 17.2 Å². The van der Waals surface area contributed by atoms with Crippen LogP contribution in [-0.2, 0) is 0 Å². The van der Waals surface area contributed by atoms with Gasteiger partial charge in [-0.3, -0.25) is 0 Å². The second kappa shape index (κ2) is 6.83. The molecule has 0 unspecified atom stereocenters. The predicted molar refractivity (Wildman–Crippen MR) is 70.7 cm³/mol. The van der Waals surface area contributed by atoms with Crippen LogP contribution in [0.1, 0.15) is 5.69 Å². The van der Waals surface area contributed by atoms with Crippen molar-refractivity contribution in [2.24, 2.45) is 0 Å². The Labute approximate surface area is 129 Å². The molecule has 0 aliphatic carbocycles. The van der Waals surface area contributed by atoms with Crippen LogP contribution in [0.2, 0.25) is 0 Å². The molecule has 0 atom stereocenters. The molecule has 0 amide bonds. The number of halogens is 1. The molecule has 114 valence electrons. The Kier molecular flexibility index (Phi) is 5.07. The molecule has 1 aromatic heterocycles. The lowest BCUT2D eigenvalue weighted by Crippen LogP contribution is -2.68. The number of rotatable bonds is 1. The van der Waals surface area contributed by atoms with Gasteiger partial charge in [-0.25, -0.2) is 23.6 Å². The summed E-state index contributed by atoms with van der Waals surface area (Å²) in [5.41, 5.74) is 4.92. The van der Waals surface area contributed by atoms with Crippen molar-refractivity contribution in [1.29, 1.82) is 0 Å². The number of nitrogens with one attached hydrogen (secondary N) is 1. The molecule has 0 fully saturated rings. The maximum absolute atomic E-state index is 8.49. The average Bonchev–Trinajstić information content (AvgIpc) is 2.45. The van der Waals surface area contributed by atoms with Gasteiger partial charge in [0, 0.05) is 24.6 Å². The number of hydrogen-bond acceptors (Lipinski definition) is 4. The maximum Gasteiger partial charge on any atom is 0.211 e. The van der Waals surface area contributed by atoms with Gasteiger partial charge in [0.25, 0.3) is 0 Å². The van der Waals surface area contributed by atoms with E-state index >= 15 is 0 Å². The Hall–Kier alpha value is -2.02. The Morgan fingerprint density at radius 2 is 1.36 bits per heavy atom. The van der Waals surface area contributed by atoms with Crippen molar-refractivity contribution in [1.82, 2.24) is 0 Å². The number of H-pyrrole nitrogens is 1. The first-order chi connectivity index (χ1) is 10.3. The third-order valence-corrected chi connectivity index (χ3v) is 2.99. The summed E-state index contributed by atoms with van der Waals surface area (Å²) in [6, 6.07) is 21.1. The lowest BCUT2D eigenvalue weighted by atomic mass is 10.0. The van der Waals surface area contributed by atoms with Gasteiger partial charge in [-0.1, -0.05) is 42.5 Å². The molecule has 5 nitrogen and oxygen atoms in total. The number of aryl methyl sites for hydroxylation is 1. The Balaban J connectivity index is 0.000000309. The summed E-state index contributed by atoms with van der Waals surface area (Å²) < 4.78 is 34.0. The minimum absolute atomic E-state index is 1.18. The number of aromatic nitrogens is 1. The Morgan fingerprint density at radius 1 is 0.818 bits per heavy atom. The van der Waals surface area contributed by atoms with Crippen LogP contribution in [0.25, 0.3) is 22.0 Å². The van der Waals surface area contributed by atoms with Crippen LogP contribution in [0.5, 0.6) is 0 Å². The quantitative estimate of drug-likeness (QED) is 0.566. The summed E-state index contributed by atoms with van der Waals surface area (Å²) >= 11 is 0. The van der Waals surface area contributed by atoms with E-state index in [-0.39, 0.29) is 0 Å². The van der Waals surface area contributed by atoms with Gasteiger partial charge in [0.1, 0.15) is 0 Å². The van der Waals surface area contributed by atoms with E-state index in [9.17, 15) is 0 Å². The molecule has 0 saturated heterocycles. The van der Waals surface area contributed by atoms with Gasteiger partial charge in [-0.05, 0) is 11.6 Å². The summed E-state index contributed by atoms with van der Waals surface area (Å²) in [5, 5.41) is 1.27. The average molecular weight is 320 g/mol. The van der Waals surface area contributed by atoms with E-state index in [2.05, 4.69) is 66.5 Å². The number of para-hydroxylation sites is 1. The van der Waals surface area contributed by atoms with E-state index in [0.717, 1.165) is 0 Å². The molecule has 0 saturated carbocycles. The van der Waals surface area contributed by atoms with Crippen molar-refractivity contribution in [2.75, 3.05) is 0 Å². The van der Waals surface area contributed by atoms with E-state index < -0.39 is 10.2 Å². The van der Waals surface area contributed by atoms with E-state index in [1.807, 2.05) is 6.07 Å². The summed E-state index contributed by atoms with van der Waals surface area (Å²) in [7, 11) is -4.94. The van der Waals surface area contributed by atoms with Crippen molar-refractivity contribution >= 4 is 10.9 Å². The van der Waals surface area contributed by atoms with Crippen LogP contribution in [0.15, 0.2) is 60.7 Å². The topological polar surface area (TPSA) is 106 Å². The smallest absolute Gasteiger partial charge is 0.211 e. The van der Waals surface area contributed by atoms with E-state index in [4.69, 9.17) is 18.6 Å². The van der Waals surface area contributed by atoms with Gasteiger partial charge in [0.15, 0.2) is 5.69 Å². The van der Waals surface area contributed by atoms with E-state index in [0.29, 0.717) is 0 Å². The van der Waals surface area contributed by atoms with Crippen molar-refractivity contribution < 1.29 is 33.9 Å². The predicted octanol–water partition coefficient (Wildman–Crippen LogP) is -1.13. The van der Waals surface area contributed by atoms with Gasteiger partial charge in [0.2, 0.25) is 5.52 Å². The molecule has 1 heterocycles. The third kappa shape index (κ3) is 4.77. The van der Waals surface area contributed by atoms with Crippen LogP contribution in [0.3, 0.4) is 0 Å². The van der Waals surface area contributed by atoms with Gasteiger partial charge in [-0.15, -0.1) is 10.2 Å². The fourth-order valence-electron chi connectivity index (χ4n) is 2.23. The van der Waals surface area contributed by atoms with Crippen LogP contribution in [-0.4, -0.2) is 0 Å². The second-order valence-corrected chi connectivity index (χ2v) is 5.41. The minimum atomic E-state index is -4.94. The lowest BCUT2D eigenvalue weighted by molar-refractivity contribution is -2.00. The van der Waals surface area contributed by atoms with Crippen LogP contribution in [0.4, 0.5) is 0 Å². The number of aromatic amines is 1. The Bertz CT molecular complexity index is 751. The maximum atomic E-state index is 8.49. The summed E-state index contributed by atoms with van der Waals surface area (Å²) in [6.07, 6.45) is 0. The van der Waals surface area contributed by atoms with Gasteiger partial charge in [-0.2, -0.15) is 0 Å². The SMILES string of the molecule is Cc1cc(-c2ccccc2)c2ccccc2[nH+]1.[O-][Cl+3]([O-])([O-])[O-]. The molecule has 2 aromatic carbocycles. The number of pyridine rings is 1. The second-order valence-electron chi connectivity index (χ2n) is 4.66. The molecule has 3 rings (SSSR count). The Morgan fingerprint density at radius 3 is 2.00 bits per heavy atom. The highest BCUT2D eigenvalue weighted by atomic mass is 35.7. The highest BCUT2D eigenvalue weighted by molar-refractivity contribution is 5.92. The zero-order chi connectivity index (χ0) is 16.2. The van der Waals surface area contributed by atoms with Gasteiger partial charge < -0.3 is 0 Å². The first-order valence-electron chi connectivity index (χ1n) is 6.43. The summed E-state index contributed by atoms with van der Waals surface area (Å²) in [5.74, 6) is 0. The molecule has 22 heavy (non-hydrogen) atoms. The van der Waals surface area contributed by atoms with Crippen LogP contribution < -0.4 is 23.6 Å². The number of fused-ring (bicyclic) bond motifs is 1. The van der Waals surface area contributed by atoms with Crippen molar-refractivity contribution in [3.05, 3.63) is 66.4 Å². The number of benzene rings is 2. The lowest BCUT2D eigenvalue weighted by Gasteiger charge is -2.17. The zero-order valence-electron chi connectivity index (χ0n) is 11.8. The summed E-state index contributed by atoms with van der Waals surface area (Å²) in [6.45, 7) is 2.10. The van der Waals surface area contributed by atoms with Gasteiger partial charge in [0.05, 0.1) is 5.39 Å². The zero-order valence-corrected chi connectivity index (χ0v) is 12.5. The third-order valence-electron chi connectivity index (χ3n) is 2.99. The van der Waals surface area contributed by atoms with Crippen molar-refractivity contribution in [3.63, 3.8) is 0 Å². The largest absolute Gasteiger partial charge is 0.222 e. The molecule has 0 spiro atoms. The highest BCUT2D eigenvalue weighted by Gasteiger charge is 2.09. The minimum Gasteiger partial charge on any atom is -0.222 e. The molecule has 0 radical (unpaired) electrons. The van der Waals surface area contributed by atoms with E-state index in [1.165, 1.54) is 27.7 Å². The molecule has 0 aliphatic rings. The normalized spacial score (nSPS) is 11.0. The molecule has 0 bridgehead atoms. The molecule has 3 aromatic rings. The highest BCUT2D eigenvalue weighted by Crippen LogP contribution is 2.26. The van der Waals surface area contributed by atoms with Crippen molar-refractivity contribution in [2.45, 2.75) is 6.92 Å². The molecule has 0 aliphatic heterocycles. The molecule has 6 heteroatoms. The first kappa shape index (κ1) is 16.4. The molecular formula is C16H14ClNO4. The van der Waals surface area contributed by atoms with Gasteiger partial charge >= 0.3 is 0 Å². The fourth-order valence-corrected chi connectivity index (χ4v) is 2.23. The first-order valence-corrected chi connectivity index (χ1v) is 7.67. The molecular weight excluding hydrogens is 306 g/mol. The van der Waals surface area contributed by atoms with E-state index in [1.54, 1.807) is 0 Å². The standard InChI is InChI=1S/C16H13N.ClHO4/c1-12-11-15(13-7-3-2-4-8-13)14-9-5-6-10-16(14)17-12;2-1(3,4)5/h2-11H,1H3;(H,2,3,4,5). The fraction of sp³-hybridized carbons (Fsp3) is 0.0625.